The Morgan fingerprint density at radius 2 is 2.11 bits per heavy atom. The van der Waals surface area contributed by atoms with Crippen LogP contribution >= 0.6 is 0 Å². The number of aliphatic hydroxyl groups excluding tert-OH is 1. The van der Waals surface area contributed by atoms with Crippen molar-refractivity contribution in [3.63, 3.8) is 0 Å². The Balaban J connectivity index is 2.34. The maximum Gasteiger partial charge on any atom is 0.220 e. The number of para-hydroxylation sites is 1. The molecule has 0 bridgehead atoms. The molecule has 0 saturated carbocycles. The van der Waals surface area contributed by atoms with Gasteiger partial charge < -0.3 is 9.84 Å². The van der Waals surface area contributed by atoms with E-state index in [-0.39, 0.29) is 6.61 Å². The van der Waals surface area contributed by atoms with Crippen LogP contribution < -0.4 is 4.74 Å². The molecule has 90 valence electrons. The molecule has 4 nitrogen and oxygen atoms in total. The topological polar surface area (TPSA) is 66.1 Å². The van der Waals surface area contributed by atoms with E-state index in [4.69, 9.17) is 10.00 Å². The maximum atomic E-state index is 9.20. The largest absolute Gasteiger partial charge is 0.439 e. The van der Waals surface area contributed by atoms with Gasteiger partial charge in [-0.3, -0.25) is 0 Å². The van der Waals surface area contributed by atoms with Gasteiger partial charge in [0.2, 0.25) is 5.88 Å². The van der Waals surface area contributed by atoms with Gasteiger partial charge in [0.05, 0.1) is 18.2 Å². The number of benzene rings is 1. The third-order valence-corrected chi connectivity index (χ3v) is 2.42. The minimum Gasteiger partial charge on any atom is -0.439 e. The molecule has 2 aromatic rings. The number of rotatable bonds is 3. The molecule has 0 aliphatic heterocycles. The van der Waals surface area contributed by atoms with Crippen molar-refractivity contribution in [2.75, 3.05) is 0 Å². The monoisotopic (exact) mass is 240 g/mol. The number of aryl methyl sites for hydroxylation is 1. The van der Waals surface area contributed by atoms with E-state index in [9.17, 15) is 5.11 Å². The van der Waals surface area contributed by atoms with Crippen molar-refractivity contribution in [2.24, 2.45) is 0 Å². The van der Waals surface area contributed by atoms with Crippen molar-refractivity contribution in [3.05, 3.63) is 53.2 Å². The number of hydrogen-bond donors (Lipinski definition) is 1. The molecule has 0 fully saturated rings. The van der Waals surface area contributed by atoms with Crippen molar-refractivity contribution >= 4 is 0 Å². The van der Waals surface area contributed by atoms with Crippen LogP contribution in [0, 0.1) is 18.3 Å². The summed E-state index contributed by atoms with van der Waals surface area (Å²) in [6, 6.07) is 12.5. The highest BCUT2D eigenvalue weighted by Gasteiger charge is 2.06. The Hall–Kier alpha value is -2.38. The summed E-state index contributed by atoms with van der Waals surface area (Å²) in [5, 5.41) is 18.1. The average molecular weight is 240 g/mol. The highest BCUT2D eigenvalue weighted by Crippen LogP contribution is 2.24. The second-order valence-corrected chi connectivity index (χ2v) is 3.82. The molecule has 0 amide bonds. The summed E-state index contributed by atoms with van der Waals surface area (Å²) in [4.78, 5) is 4.20. The van der Waals surface area contributed by atoms with Crippen LogP contribution in [-0.4, -0.2) is 10.1 Å². The van der Waals surface area contributed by atoms with Crippen molar-refractivity contribution in [1.82, 2.24) is 4.98 Å². The van der Waals surface area contributed by atoms with E-state index in [0.29, 0.717) is 28.5 Å². The van der Waals surface area contributed by atoms with Gasteiger partial charge in [0, 0.05) is 17.3 Å². The molecule has 1 aromatic carbocycles. The molecule has 0 atom stereocenters. The summed E-state index contributed by atoms with van der Waals surface area (Å²) in [7, 11) is 0. The third kappa shape index (κ3) is 2.65. The highest BCUT2D eigenvalue weighted by molar-refractivity contribution is 5.39. The maximum absolute atomic E-state index is 9.20. The van der Waals surface area contributed by atoms with Crippen LogP contribution in [0.4, 0.5) is 0 Å². The fourth-order valence-corrected chi connectivity index (χ4v) is 1.60. The lowest BCUT2D eigenvalue weighted by Gasteiger charge is -2.09. The van der Waals surface area contributed by atoms with Gasteiger partial charge >= 0.3 is 0 Å². The minimum atomic E-state index is -0.104. The van der Waals surface area contributed by atoms with Crippen LogP contribution in [0.2, 0.25) is 0 Å². The molecule has 1 aromatic heterocycles. The summed E-state index contributed by atoms with van der Waals surface area (Å²) in [5.74, 6) is 0.898. The lowest BCUT2D eigenvalue weighted by atomic mass is 10.2. The predicted molar refractivity (Wildman–Crippen MR) is 66.1 cm³/mol. The van der Waals surface area contributed by atoms with E-state index >= 15 is 0 Å². The molecule has 1 heterocycles. The molecule has 2 rings (SSSR count). The van der Waals surface area contributed by atoms with Gasteiger partial charge in [-0.2, -0.15) is 5.26 Å². The molecular weight excluding hydrogens is 228 g/mol. The summed E-state index contributed by atoms with van der Waals surface area (Å²) in [6.07, 6.45) is 0. The van der Waals surface area contributed by atoms with E-state index in [1.165, 1.54) is 0 Å². The number of pyridine rings is 1. The highest BCUT2D eigenvalue weighted by atomic mass is 16.5. The Bertz CT molecular complexity index is 603. The summed E-state index contributed by atoms with van der Waals surface area (Å²) >= 11 is 0. The molecule has 0 aliphatic rings. The Kier molecular flexibility index (Phi) is 3.56. The first-order chi connectivity index (χ1) is 8.72. The Labute approximate surface area is 105 Å². The van der Waals surface area contributed by atoms with Gasteiger partial charge in [0.1, 0.15) is 5.75 Å². The van der Waals surface area contributed by atoms with Crippen molar-refractivity contribution in [3.8, 4) is 17.7 Å². The normalized spacial score (nSPS) is 9.83. The van der Waals surface area contributed by atoms with Crippen LogP contribution in [0.3, 0.4) is 0 Å². The summed E-state index contributed by atoms with van der Waals surface area (Å²) < 4.78 is 5.60. The SMILES string of the molecule is Cc1cc(C#N)cc(Oc2ccccc2CO)n1. The van der Waals surface area contributed by atoms with Crippen LogP contribution in [0.15, 0.2) is 36.4 Å². The molecule has 0 unspecified atom stereocenters. The van der Waals surface area contributed by atoms with E-state index < -0.39 is 0 Å². The van der Waals surface area contributed by atoms with Crippen molar-refractivity contribution in [1.29, 1.82) is 5.26 Å². The number of hydrogen-bond acceptors (Lipinski definition) is 4. The van der Waals surface area contributed by atoms with E-state index in [0.717, 1.165) is 0 Å². The molecule has 4 heteroatoms. The molecule has 0 spiro atoms. The fourth-order valence-electron chi connectivity index (χ4n) is 1.60. The first-order valence-electron chi connectivity index (χ1n) is 5.48. The van der Waals surface area contributed by atoms with Crippen molar-refractivity contribution < 1.29 is 9.84 Å². The number of nitrogens with zero attached hydrogens (tertiary/aromatic N) is 2. The number of aromatic nitrogens is 1. The molecule has 1 N–H and O–H groups in total. The van der Waals surface area contributed by atoms with Gasteiger partial charge in [0.25, 0.3) is 0 Å². The van der Waals surface area contributed by atoms with Crippen LogP contribution in [0.5, 0.6) is 11.6 Å². The Morgan fingerprint density at radius 1 is 1.33 bits per heavy atom. The van der Waals surface area contributed by atoms with E-state index in [2.05, 4.69) is 11.1 Å². The number of nitriles is 1. The third-order valence-electron chi connectivity index (χ3n) is 2.42. The molecule has 18 heavy (non-hydrogen) atoms. The van der Waals surface area contributed by atoms with Crippen LogP contribution in [0.1, 0.15) is 16.8 Å². The quantitative estimate of drug-likeness (QED) is 0.895. The standard InChI is InChI=1S/C14H12N2O2/c1-10-6-11(8-15)7-14(16-10)18-13-5-3-2-4-12(13)9-17/h2-7,17H,9H2,1H3. The van der Waals surface area contributed by atoms with Crippen LogP contribution in [0.25, 0.3) is 0 Å². The molecule has 0 saturated heterocycles. The zero-order valence-corrected chi connectivity index (χ0v) is 9.92. The van der Waals surface area contributed by atoms with Gasteiger partial charge in [0.15, 0.2) is 0 Å². The van der Waals surface area contributed by atoms with Gasteiger partial charge in [-0.25, -0.2) is 4.98 Å². The summed E-state index contributed by atoms with van der Waals surface area (Å²) in [5.41, 5.74) is 1.89. The van der Waals surface area contributed by atoms with Crippen molar-refractivity contribution in [2.45, 2.75) is 13.5 Å². The van der Waals surface area contributed by atoms with Gasteiger partial charge in [-0.05, 0) is 19.1 Å². The molecule has 0 aliphatic carbocycles. The second-order valence-electron chi connectivity index (χ2n) is 3.82. The smallest absolute Gasteiger partial charge is 0.220 e. The first-order valence-corrected chi connectivity index (χ1v) is 5.48. The lowest BCUT2D eigenvalue weighted by molar-refractivity contribution is 0.276. The van der Waals surface area contributed by atoms with Crippen LogP contribution in [-0.2, 0) is 6.61 Å². The minimum absolute atomic E-state index is 0.104. The van der Waals surface area contributed by atoms with Gasteiger partial charge in [-0.15, -0.1) is 0 Å². The molecule has 0 radical (unpaired) electrons. The van der Waals surface area contributed by atoms with E-state index in [1.54, 1.807) is 31.2 Å². The summed E-state index contributed by atoms with van der Waals surface area (Å²) in [6.45, 7) is 1.69. The first kappa shape index (κ1) is 12.1. The molecular formula is C14H12N2O2. The lowest BCUT2D eigenvalue weighted by Crippen LogP contribution is -1.95. The fraction of sp³-hybridized carbons (Fsp3) is 0.143. The number of aliphatic hydroxyl groups is 1. The zero-order valence-electron chi connectivity index (χ0n) is 9.92. The predicted octanol–water partition coefficient (Wildman–Crippen LogP) is 2.55. The Morgan fingerprint density at radius 3 is 2.83 bits per heavy atom. The number of ether oxygens (including phenoxy) is 1. The second kappa shape index (κ2) is 5.30. The zero-order chi connectivity index (χ0) is 13.0. The average Bonchev–Trinajstić information content (AvgIpc) is 2.38. The van der Waals surface area contributed by atoms with E-state index in [1.807, 2.05) is 12.1 Å². The van der Waals surface area contributed by atoms with Gasteiger partial charge in [-0.1, -0.05) is 18.2 Å².